The van der Waals surface area contributed by atoms with Gasteiger partial charge in [0.15, 0.2) is 5.65 Å². The van der Waals surface area contributed by atoms with Crippen LogP contribution in [0.3, 0.4) is 0 Å². The Balaban J connectivity index is 1.65. The average molecular weight is 463 g/mol. The van der Waals surface area contributed by atoms with Gasteiger partial charge in [0, 0.05) is 38.6 Å². The monoisotopic (exact) mass is 462 g/mol. The van der Waals surface area contributed by atoms with E-state index in [2.05, 4.69) is 15.3 Å². The zero-order chi connectivity index (χ0) is 24.1. The number of amides is 2. The Morgan fingerprint density at radius 3 is 2.94 bits per heavy atom. The van der Waals surface area contributed by atoms with E-state index in [4.69, 9.17) is 10.00 Å². The van der Waals surface area contributed by atoms with Gasteiger partial charge < -0.3 is 14.7 Å². The molecule has 0 bridgehead atoms. The smallest absolute Gasteiger partial charge is 0.258 e. The van der Waals surface area contributed by atoms with Crippen LogP contribution in [0, 0.1) is 11.3 Å². The van der Waals surface area contributed by atoms with E-state index < -0.39 is 5.91 Å². The summed E-state index contributed by atoms with van der Waals surface area (Å²) in [5.74, 6) is -0.302. The number of aryl methyl sites for hydroxylation is 1. The molecular formula is C24H26N6O4. The predicted octanol–water partition coefficient (Wildman–Crippen LogP) is 2.19. The fraction of sp³-hybridized carbons (Fsp3) is 0.375. The Bertz CT molecular complexity index is 1250. The van der Waals surface area contributed by atoms with Gasteiger partial charge in [0.25, 0.3) is 11.8 Å². The molecule has 0 spiro atoms. The van der Waals surface area contributed by atoms with Crippen LogP contribution in [0.2, 0.25) is 0 Å². The number of aromatic nitrogens is 3. The molecular weight excluding hydrogens is 436 g/mol. The molecule has 3 aromatic rings. The Kier molecular flexibility index (Phi) is 7.15. The van der Waals surface area contributed by atoms with Gasteiger partial charge in [-0.25, -0.2) is 9.97 Å². The van der Waals surface area contributed by atoms with E-state index in [1.54, 1.807) is 40.8 Å². The number of imidazole rings is 1. The first-order chi connectivity index (χ1) is 16.5. The van der Waals surface area contributed by atoms with Crippen LogP contribution in [0.1, 0.15) is 45.5 Å². The van der Waals surface area contributed by atoms with Crippen molar-refractivity contribution in [1.82, 2.24) is 19.4 Å². The third-order valence-electron chi connectivity index (χ3n) is 5.89. The largest absolute Gasteiger partial charge is 0.394 e. The molecule has 176 valence electrons. The lowest BCUT2D eigenvalue weighted by atomic mass is 10.1. The van der Waals surface area contributed by atoms with Crippen molar-refractivity contribution in [3.63, 3.8) is 0 Å². The molecule has 1 aromatic carbocycles. The highest BCUT2D eigenvalue weighted by atomic mass is 16.5. The van der Waals surface area contributed by atoms with E-state index in [1.807, 2.05) is 6.07 Å². The lowest BCUT2D eigenvalue weighted by molar-refractivity contribution is 0.0677. The molecule has 0 saturated carbocycles. The van der Waals surface area contributed by atoms with Crippen LogP contribution in [0.15, 0.2) is 36.5 Å². The van der Waals surface area contributed by atoms with E-state index in [0.29, 0.717) is 59.9 Å². The molecule has 2 amide bonds. The molecule has 3 heterocycles. The number of fused-ring (bicyclic) bond motifs is 1. The van der Waals surface area contributed by atoms with Crippen molar-refractivity contribution in [2.24, 2.45) is 0 Å². The maximum absolute atomic E-state index is 13.0. The number of nitrogens with zero attached hydrogens (tertiary/aromatic N) is 5. The molecule has 0 radical (unpaired) electrons. The van der Waals surface area contributed by atoms with Crippen LogP contribution in [-0.4, -0.2) is 69.3 Å². The summed E-state index contributed by atoms with van der Waals surface area (Å²) in [6, 6.07) is 9.90. The highest BCUT2D eigenvalue weighted by molar-refractivity contribution is 6.04. The molecule has 1 fully saturated rings. The number of pyridine rings is 1. The maximum Gasteiger partial charge on any atom is 0.258 e. The number of carbonyl (C=O) groups excluding carboxylic acids is 2. The highest BCUT2D eigenvalue weighted by Gasteiger charge is 2.29. The van der Waals surface area contributed by atoms with Gasteiger partial charge in [-0.15, -0.1) is 0 Å². The summed E-state index contributed by atoms with van der Waals surface area (Å²) in [6.45, 7) is 1.54. The summed E-state index contributed by atoms with van der Waals surface area (Å²) >= 11 is 0. The molecule has 10 nitrogen and oxygen atoms in total. The van der Waals surface area contributed by atoms with Crippen molar-refractivity contribution >= 4 is 28.9 Å². The van der Waals surface area contributed by atoms with E-state index >= 15 is 0 Å². The van der Waals surface area contributed by atoms with Gasteiger partial charge in [-0.3, -0.25) is 19.5 Å². The van der Waals surface area contributed by atoms with Crippen LogP contribution < -0.4 is 5.32 Å². The van der Waals surface area contributed by atoms with Crippen LogP contribution in [0.5, 0.6) is 0 Å². The number of aliphatic hydroxyl groups excluding tert-OH is 1. The topological polar surface area (TPSA) is 133 Å². The average Bonchev–Trinajstić information content (AvgIpc) is 3.48. The number of benzene rings is 1. The summed E-state index contributed by atoms with van der Waals surface area (Å²) in [4.78, 5) is 36.6. The Morgan fingerprint density at radius 1 is 1.32 bits per heavy atom. The molecule has 1 aliphatic rings. The lowest BCUT2D eigenvalue weighted by Gasteiger charge is -2.22. The van der Waals surface area contributed by atoms with E-state index in [1.165, 1.54) is 12.3 Å². The van der Waals surface area contributed by atoms with Gasteiger partial charge in [0.05, 0.1) is 29.8 Å². The minimum absolute atomic E-state index is 0.0707. The molecule has 0 unspecified atom stereocenters. The summed E-state index contributed by atoms with van der Waals surface area (Å²) in [7, 11) is 1.62. The Hall–Kier alpha value is -3.81. The van der Waals surface area contributed by atoms with Gasteiger partial charge in [0.1, 0.15) is 5.52 Å². The van der Waals surface area contributed by atoms with Gasteiger partial charge in [-0.1, -0.05) is 6.07 Å². The third-order valence-corrected chi connectivity index (χ3v) is 5.89. The summed E-state index contributed by atoms with van der Waals surface area (Å²) in [5.41, 5.74) is 2.11. The van der Waals surface area contributed by atoms with Gasteiger partial charge in [0.2, 0.25) is 5.95 Å². The molecule has 1 atom stereocenters. The number of hydrogen-bond acceptors (Lipinski definition) is 7. The number of carbonyl (C=O) groups is 2. The normalized spacial score (nSPS) is 15.4. The number of ether oxygens (including phenoxy) is 1. The standard InChI is InChI=1S/C24H26N6O4/c1-34-10-4-9-30-21-20(12-18(14-26-21)23(33)29-8-3-7-19(29)15-31)27-24(30)28-22(32)17-6-2-5-16(11-17)13-25/h2,5-6,11-12,14,19,31H,3-4,7-10,15H2,1H3,(H,27,28,32)/t19-/m0/s1. The van der Waals surface area contributed by atoms with Gasteiger partial charge in [-0.05, 0) is 43.5 Å². The van der Waals surface area contributed by atoms with Crippen molar-refractivity contribution < 1.29 is 19.4 Å². The van der Waals surface area contributed by atoms with Gasteiger partial charge >= 0.3 is 0 Å². The SMILES string of the molecule is COCCCn1c(NC(=O)c2cccc(C#N)c2)nc2cc(C(=O)N3CCC[C@H]3CO)cnc21. The number of nitriles is 1. The molecule has 0 aliphatic carbocycles. The second-order valence-corrected chi connectivity index (χ2v) is 8.12. The Labute approximate surface area is 196 Å². The van der Waals surface area contributed by atoms with E-state index in [-0.39, 0.29) is 18.6 Å². The lowest BCUT2D eigenvalue weighted by Crippen LogP contribution is -2.37. The minimum atomic E-state index is -0.403. The second-order valence-electron chi connectivity index (χ2n) is 8.12. The number of rotatable bonds is 8. The quantitative estimate of drug-likeness (QED) is 0.490. The Morgan fingerprint density at radius 2 is 2.18 bits per heavy atom. The molecule has 2 N–H and O–H groups in total. The third kappa shape index (κ3) is 4.76. The number of likely N-dealkylation sites (tertiary alicyclic amines) is 1. The first-order valence-electron chi connectivity index (χ1n) is 11.1. The summed E-state index contributed by atoms with van der Waals surface area (Å²) in [6.07, 6.45) is 3.80. The first-order valence-corrected chi connectivity index (χ1v) is 11.1. The maximum atomic E-state index is 13.0. The number of nitrogens with one attached hydrogen (secondary N) is 1. The summed E-state index contributed by atoms with van der Waals surface area (Å²) < 4.78 is 6.93. The van der Waals surface area contributed by atoms with Crippen LogP contribution in [0.25, 0.3) is 11.2 Å². The zero-order valence-electron chi connectivity index (χ0n) is 18.9. The van der Waals surface area contributed by atoms with E-state index in [9.17, 15) is 14.7 Å². The number of aliphatic hydroxyl groups is 1. The summed E-state index contributed by atoms with van der Waals surface area (Å²) in [5, 5.41) is 21.5. The first kappa shape index (κ1) is 23.4. The second kappa shape index (κ2) is 10.4. The van der Waals surface area contributed by atoms with Crippen molar-refractivity contribution in [3.8, 4) is 6.07 Å². The van der Waals surface area contributed by atoms with Crippen molar-refractivity contribution in [1.29, 1.82) is 5.26 Å². The van der Waals surface area contributed by atoms with Crippen LogP contribution in [0.4, 0.5) is 5.95 Å². The van der Waals surface area contributed by atoms with E-state index in [0.717, 1.165) is 12.8 Å². The minimum Gasteiger partial charge on any atom is -0.394 e. The molecule has 34 heavy (non-hydrogen) atoms. The van der Waals surface area contributed by atoms with Gasteiger partial charge in [-0.2, -0.15) is 5.26 Å². The molecule has 1 aliphatic heterocycles. The zero-order valence-corrected chi connectivity index (χ0v) is 18.9. The van der Waals surface area contributed by atoms with Crippen LogP contribution in [-0.2, 0) is 11.3 Å². The van der Waals surface area contributed by atoms with Crippen LogP contribution >= 0.6 is 0 Å². The van der Waals surface area contributed by atoms with Crippen molar-refractivity contribution in [3.05, 3.63) is 53.2 Å². The number of hydrogen-bond donors (Lipinski definition) is 2. The molecule has 10 heteroatoms. The van der Waals surface area contributed by atoms with Crippen molar-refractivity contribution in [2.75, 3.05) is 32.2 Å². The highest BCUT2D eigenvalue weighted by Crippen LogP contribution is 2.24. The molecule has 4 rings (SSSR count). The fourth-order valence-corrected chi connectivity index (χ4v) is 4.16. The number of anilines is 1. The fourth-order valence-electron chi connectivity index (χ4n) is 4.16. The number of methoxy groups -OCH3 is 1. The molecule has 2 aromatic heterocycles. The predicted molar refractivity (Wildman–Crippen MR) is 124 cm³/mol. The van der Waals surface area contributed by atoms with Crippen molar-refractivity contribution in [2.45, 2.75) is 31.8 Å². The molecule has 1 saturated heterocycles.